The van der Waals surface area contributed by atoms with Crippen LogP contribution in [0.25, 0.3) is 10.9 Å². The van der Waals surface area contributed by atoms with Crippen molar-refractivity contribution in [3.8, 4) is 5.75 Å². The number of amides is 2. The van der Waals surface area contributed by atoms with E-state index in [2.05, 4.69) is 20.6 Å². The number of morpholine rings is 1. The Morgan fingerprint density at radius 1 is 1.09 bits per heavy atom. The highest BCUT2D eigenvalue weighted by Gasteiger charge is 2.20. The molecule has 0 saturated carbocycles. The zero-order valence-electron chi connectivity index (χ0n) is 19.7. The van der Waals surface area contributed by atoms with Gasteiger partial charge in [-0.1, -0.05) is 24.3 Å². The fraction of sp³-hybridized carbons (Fsp3) is 0.400. The Hall–Kier alpha value is -3.43. The van der Waals surface area contributed by atoms with Crippen molar-refractivity contribution in [1.82, 2.24) is 20.0 Å². The molecule has 9 heteroatoms. The van der Waals surface area contributed by atoms with E-state index in [1.54, 1.807) is 7.11 Å². The van der Waals surface area contributed by atoms with Crippen molar-refractivity contribution in [2.45, 2.75) is 19.9 Å². The minimum atomic E-state index is -0.210. The van der Waals surface area contributed by atoms with E-state index in [0.29, 0.717) is 31.0 Å². The van der Waals surface area contributed by atoms with Crippen LogP contribution in [0.5, 0.6) is 5.75 Å². The average molecular weight is 466 g/mol. The number of aromatic nitrogens is 2. The van der Waals surface area contributed by atoms with Crippen LogP contribution in [0.4, 0.5) is 5.69 Å². The van der Waals surface area contributed by atoms with E-state index in [1.807, 2.05) is 47.1 Å². The van der Waals surface area contributed by atoms with Crippen molar-refractivity contribution in [1.29, 1.82) is 0 Å². The monoisotopic (exact) mass is 465 g/mol. The predicted octanol–water partition coefficient (Wildman–Crippen LogP) is 2.31. The second-order valence-corrected chi connectivity index (χ2v) is 8.27. The summed E-state index contributed by atoms with van der Waals surface area (Å²) in [5.41, 5.74) is 3.05. The molecule has 3 aromatic rings. The third-order valence-electron chi connectivity index (χ3n) is 5.87. The molecule has 180 valence electrons. The van der Waals surface area contributed by atoms with Crippen molar-refractivity contribution in [2.24, 2.45) is 0 Å². The normalized spacial score (nSPS) is 14.2. The van der Waals surface area contributed by atoms with Gasteiger partial charge in [-0.25, -0.2) is 0 Å². The zero-order valence-corrected chi connectivity index (χ0v) is 19.7. The molecule has 4 rings (SSSR count). The Bertz CT molecular complexity index is 1140. The van der Waals surface area contributed by atoms with Gasteiger partial charge in [0.15, 0.2) is 5.69 Å². The number of ether oxygens (including phenoxy) is 2. The molecule has 1 aliphatic rings. The van der Waals surface area contributed by atoms with Gasteiger partial charge in [0.05, 0.1) is 26.9 Å². The summed E-state index contributed by atoms with van der Waals surface area (Å²) < 4.78 is 12.9. The first kappa shape index (κ1) is 23.7. The average Bonchev–Trinajstić information content (AvgIpc) is 3.23. The van der Waals surface area contributed by atoms with E-state index in [9.17, 15) is 9.59 Å². The minimum absolute atomic E-state index is 0.103. The maximum absolute atomic E-state index is 13.0. The molecule has 0 radical (unpaired) electrons. The Labute approximate surface area is 199 Å². The molecular formula is C25H31N5O4. The van der Waals surface area contributed by atoms with Gasteiger partial charge in [0.2, 0.25) is 5.91 Å². The summed E-state index contributed by atoms with van der Waals surface area (Å²) >= 11 is 0. The number of nitrogens with one attached hydrogen (secondary N) is 2. The van der Waals surface area contributed by atoms with Crippen molar-refractivity contribution < 1.29 is 19.1 Å². The van der Waals surface area contributed by atoms with Gasteiger partial charge in [-0.05, 0) is 30.2 Å². The summed E-state index contributed by atoms with van der Waals surface area (Å²) in [5, 5.41) is 11.2. The van der Waals surface area contributed by atoms with E-state index in [4.69, 9.17) is 9.47 Å². The number of methoxy groups -OCH3 is 1. The van der Waals surface area contributed by atoms with Gasteiger partial charge in [-0.2, -0.15) is 5.10 Å². The number of anilines is 1. The molecule has 1 aromatic heterocycles. The maximum Gasteiger partial charge on any atom is 0.272 e. The zero-order chi connectivity index (χ0) is 23.9. The van der Waals surface area contributed by atoms with Crippen LogP contribution < -0.4 is 15.4 Å². The molecule has 1 aliphatic heterocycles. The van der Waals surface area contributed by atoms with Gasteiger partial charge in [-0.15, -0.1) is 0 Å². The van der Waals surface area contributed by atoms with Gasteiger partial charge in [0.1, 0.15) is 11.3 Å². The topological polar surface area (TPSA) is 97.7 Å². The van der Waals surface area contributed by atoms with Gasteiger partial charge in [0, 0.05) is 44.2 Å². The summed E-state index contributed by atoms with van der Waals surface area (Å²) in [5.74, 6) is 0.386. The fourth-order valence-corrected chi connectivity index (χ4v) is 4.12. The molecule has 2 N–H and O–H groups in total. The first-order valence-corrected chi connectivity index (χ1v) is 11.5. The predicted molar refractivity (Wildman–Crippen MR) is 130 cm³/mol. The summed E-state index contributed by atoms with van der Waals surface area (Å²) in [7, 11) is 1.63. The van der Waals surface area contributed by atoms with Crippen LogP contribution in [0.15, 0.2) is 42.5 Å². The molecule has 1 fully saturated rings. The molecular weight excluding hydrogens is 434 g/mol. The molecule has 0 aliphatic carbocycles. The summed E-state index contributed by atoms with van der Waals surface area (Å²) in [6, 6.07) is 13.3. The highest BCUT2D eigenvalue weighted by molar-refractivity contribution is 6.06. The third-order valence-corrected chi connectivity index (χ3v) is 5.87. The highest BCUT2D eigenvalue weighted by Crippen LogP contribution is 2.28. The first-order valence-electron chi connectivity index (χ1n) is 11.5. The van der Waals surface area contributed by atoms with Gasteiger partial charge in [0.25, 0.3) is 5.91 Å². The molecule has 9 nitrogen and oxygen atoms in total. The van der Waals surface area contributed by atoms with Crippen LogP contribution in [0, 0.1) is 0 Å². The summed E-state index contributed by atoms with van der Waals surface area (Å²) in [6.45, 7) is 6.72. The largest absolute Gasteiger partial charge is 0.494 e. The second-order valence-electron chi connectivity index (χ2n) is 8.27. The summed E-state index contributed by atoms with van der Waals surface area (Å²) in [4.78, 5) is 26.5. The van der Waals surface area contributed by atoms with Crippen LogP contribution in [0.1, 0.15) is 23.0 Å². The molecule has 1 saturated heterocycles. The van der Waals surface area contributed by atoms with Crippen molar-refractivity contribution in [3.05, 3.63) is 53.7 Å². The lowest BCUT2D eigenvalue weighted by Crippen LogP contribution is -2.38. The molecule has 0 spiro atoms. The van der Waals surface area contributed by atoms with Crippen LogP contribution in [0.3, 0.4) is 0 Å². The number of para-hydroxylation sites is 1. The number of carbonyl (C=O) groups excluding carboxylic acids is 2. The number of nitrogens with zero attached hydrogens (tertiary/aromatic N) is 3. The Balaban J connectivity index is 1.43. The Morgan fingerprint density at radius 3 is 2.56 bits per heavy atom. The minimum Gasteiger partial charge on any atom is -0.494 e. The highest BCUT2D eigenvalue weighted by atomic mass is 16.5. The smallest absolute Gasteiger partial charge is 0.272 e. The lowest BCUT2D eigenvalue weighted by molar-refractivity contribution is -0.114. The molecule has 34 heavy (non-hydrogen) atoms. The fourth-order valence-electron chi connectivity index (χ4n) is 4.12. The van der Waals surface area contributed by atoms with E-state index < -0.39 is 0 Å². The molecule has 0 unspecified atom stereocenters. The number of rotatable bonds is 9. The van der Waals surface area contributed by atoms with Gasteiger partial charge in [-0.3, -0.25) is 19.2 Å². The number of benzene rings is 2. The van der Waals surface area contributed by atoms with Crippen molar-refractivity contribution in [2.75, 3.05) is 51.8 Å². The van der Waals surface area contributed by atoms with Gasteiger partial charge >= 0.3 is 0 Å². The van der Waals surface area contributed by atoms with Crippen LogP contribution in [-0.4, -0.2) is 73.0 Å². The Kier molecular flexibility index (Phi) is 7.76. The first-order chi connectivity index (χ1) is 16.5. The van der Waals surface area contributed by atoms with Gasteiger partial charge < -0.3 is 20.1 Å². The second kappa shape index (κ2) is 11.1. The van der Waals surface area contributed by atoms with E-state index >= 15 is 0 Å². The number of hydrogen-bond acceptors (Lipinski definition) is 6. The quantitative estimate of drug-likeness (QED) is 0.503. The number of hydrogen-bond donors (Lipinski definition) is 2. The summed E-state index contributed by atoms with van der Waals surface area (Å²) in [6.07, 6.45) is 0.672. The van der Waals surface area contributed by atoms with Crippen LogP contribution in [0.2, 0.25) is 0 Å². The number of carbonyl (C=O) groups is 2. The van der Waals surface area contributed by atoms with E-state index in [1.165, 1.54) is 6.92 Å². The molecule has 0 atom stereocenters. The SMILES string of the molecule is COc1cccc2c(C(=O)NCCc3ccc(NC(C)=O)cc3)nn(CCN3CCOCC3)c12. The van der Waals surface area contributed by atoms with E-state index in [0.717, 1.165) is 55.0 Å². The molecule has 2 heterocycles. The lowest BCUT2D eigenvalue weighted by Gasteiger charge is -2.26. The van der Waals surface area contributed by atoms with Crippen molar-refractivity contribution in [3.63, 3.8) is 0 Å². The molecule has 0 bridgehead atoms. The van der Waals surface area contributed by atoms with Crippen molar-refractivity contribution >= 4 is 28.4 Å². The third kappa shape index (κ3) is 5.73. The number of fused-ring (bicyclic) bond motifs is 1. The molecule has 2 aromatic carbocycles. The maximum atomic E-state index is 13.0. The Morgan fingerprint density at radius 2 is 1.85 bits per heavy atom. The standard InChI is InChI=1S/C25H31N5O4/c1-18(31)27-20-8-6-19(7-9-20)10-11-26-25(32)23-21-4-3-5-22(33-2)24(21)30(28-23)13-12-29-14-16-34-17-15-29/h3-9H,10-17H2,1-2H3,(H,26,32)(H,27,31). The van der Waals surface area contributed by atoms with Crippen LogP contribution in [-0.2, 0) is 22.5 Å². The molecule has 2 amide bonds. The lowest BCUT2D eigenvalue weighted by atomic mass is 10.1. The van der Waals surface area contributed by atoms with Crippen LogP contribution >= 0.6 is 0 Å². The van der Waals surface area contributed by atoms with E-state index in [-0.39, 0.29) is 11.8 Å².